The van der Waals surface area contributed by atoms with Crippen molar-refractivity contribution < 1.29 is 18.8 Å². The van der Waals surface area contributed by atoms with Crippen molar-refractivity contribution in [1.29, 1.82) is 0 Å². The van der Waals surface area contributed by atoms with Crippen LogP contribution in [-0.2, 0) is 18.3 Å². The molecule has 0 unspecified atom stereocenters. The van der Waals surface area contributed by atoms with Crippen LogP contribution >= 0.6 is 0 Å². The summed E-state index contributed by atoms with van der Waals surface area (Å²) in [5.74, 6) is -0.431. The lowest BCUT2D eigenvalue weighted by atomic mass is 10.0. The van der Waals surface area contributed by atoms with Gasteiger partial charge in [0.25, 0.3) is 11.5 Å². The number of fused-ring (bicyclic) bond motifs is 1. The molecular weight excluding hydrogens is 572 g/mol. The maximum Gasteiger partial charge on any atom is 0.290 e. The number of carbonyl (C=O) groups excluding carboxylic acids is 2. The zero-order valence-electron chi connectivity index (χ0n) is 26.0. The average molecular weight is 609 g/mol. The molecule has 1 saturated heterocycles. The molecule has 0 radical (unpaired) electrons. The molecule has 11 nitrogen and oxygen atoms in total. The number of nitrogens with zero attached hydrogens (tertiary/aromatic N) is 4. The third kappa shape index (κ3) is 5.67. The number of likely N-dealkylation sites (tertiary alicyclic amines) is 1. The van der Waals surface area contributed by atoms with E-state index >= 15 is 0 Å². The van der Waals surface area contributed by atoms with E-state index < -0.39 is 11.8 Å². The number of aryl methyl sites for hydroxylation is 4. The fourth-order valence-electron chi connectivity index (χ4n) is 6.14. The van der Waals surface area contributed by atoms with Crippen molar-refractivity contribution in [2.75, 3.05) is 32.1 Å². The molecule has 4 heterocycles. The van der Waals surface area contributed by atoms with Crippen LogP contribution in [0.3, 0.4) is 0 Å². The lowest BCUT2D eigenvalue weighted by molar-refractivity contribution is -0.0452. The van der Waals surface area contributed by atoms with E-state index in [9.17, 15) is 14.4 Å². The minimum absolute atomic E-state index is 0.169. The van der Waals surface area contributed by atoms with Gasteiger partial charge in [0.15, 0.2) is 5.69 Å². The predicted molar refractivity (Wildman–Crippen MR) is 172 cm³/mol. The number of likely N-dealkylation sites (N-methyl/N-ethyl adjacent to an activating group) is 1. The highest BCUT2D eigenvalue weighted by Gasteiger charge is 2.26. The molecule has 2 amide bonds. The minimum Gasteiger partial charge on any atom is -0.381 e. The predicted octanol–water partition coefficient (Wildman–Crippen LogP) is 4.27. The van der Waals surface area contributed by atoms with Crippen molar-refractivity contribution in [3.63, 3.8) is 0 Å². The van der Waals surface area contributed by atoms with E-state index in [-0.39, 0.29) is 17.4 Å². The van der Waals surface area contributed by atoms with E-state index in [0.29, 0.717) is 46.9 Å². The van der Waals surface area contributed by atoms with Gasteiger partial charge in [-0.3, -0.25) is 14.4 Å². The normalized spacial score (nSPS) is 13.7. The van der Waals surface area contributed by atoms with E-state index in [1.165, 1.54) is 4.74 Å². The highest BCUT2D eigenvalue weighted by atomic mass is 16.5. The van der Waals surface area contributed by atoms with Crippen molar-refractivity contribution in [1.82, 2.24) is 19.2 Å². The fraction of sp³-hybridized carbons (Fsp3) is 0.294. The van der Waals surface area contributed by atoms with Crippen LogP contribution in [0.4, 0.5) is 5.69 Å². The van der Waals surface area contributed by atoms with Crippen LogP contribution in [0.25, 0.3) is 33.3 Å². The highest BCUT2D eigenvalue weighted by molar-refractivity contribution is 6.12. The minimum atomic E-state index is -0.580. The summed E-state index contributed by atoms with van der Waals surface area (Å²) < 4.78 is 15.0. The van der Waals surface area contributed by atoms with Crippen molar-refractivity contribution >= 4 is 28.4 Å². The largest absolute Gasteiger partial charge is 0.381 e. The number of pyridine rings is 1. The maximum absolute atomic E-state index is 13.8. The van der Waals surface area contributed by atoms with Crippen molar-refractivity contribution in [2.45, 2.75) is 33.4 Å². The van der Waals surface area contributed by atoms with Crippen LogP contribution in [-0.4, -0.2) is 63.9 Å². The van der Waals surface area contributed by atoms with Crippen LogP contribution in [0.2, 0.25) is 0 Å². The van der Waals surface area contributed by atoms with Crippen LogP contribution < -0.4 is 16.6 Å². The Kier molecular flexibility index (Phi) is 7.90. The number of primary amides is 1. The molecule has 3 aromatic heterocycles. The number of ether oxygens (including phenoxy) is 1. The van der Waals surface area contributed by atoms with Gasteiger partial charge in [0, 0.05) is 49.0 Å². The maximum atomic E-state index is 13.8. The Morgan fingerprint density at radius 1 is 1.04 bits per heavy atom. The Morgan fingerprint density at radius 3 is 2.40 bits per heavy atom. The third-order valence-corrected chi connectivity index (χ3v) is 8.31. The number of anilines is 1. The Bertz CT molecular complexity index is 2000. The molecular formula is C34H36N6O5. The van der Waals surface area contributed by atoms with Crippen molar-refractivity contribution in [3.05, 3.63) is 93.2 Å². The van der Waals surface area contributed by atoms with E-state index in [2.05, 4.69) is 21.8 Å². The van der Waals surface area contributed by atoms with Gasteiger partial charge in [0.2, 0.25) is 5.91 Å². The molecule has 0 spiro atoms. The first-order valence-electron chi connectivity index (χ1n) is 14.8. The summed E-state index contributed by atoms with van der Waals surface area (Å²) >= 11 is 0. The van der Waals surface area contributed by atoms with Crippen LogP contribution in [0.1, 0.15) is 37.9 Å². The average Bonchev–Trinajstić information content (AvgIpc) is 3.41. The zero-order chi connectivity index (χ0) is 32.0. The summed E-state index contributed by atoms with van der Waals surface area (Å²) in [5, 5.41) is 3.81. The highest BCUT2D eigenvalue weighted by Crippen LogP contribution is 2.36. The molecule has 45 heavy (non-hydrogen) atoms. The van der Waals surface area contributed by atoms with Gasteiger partial charge < -0.3 is 29.8 Å². The molecule has 6 rings (SSSR count). The second-order valence-corrected chi connectivity index (χ2v) is 11.6. The van der Waals surface area contributed by atoms with Gasteiger partial charge in [0.05, 0.1) is 29.5 Å². The van der Waals surface area contributed by atoms with Gasteiger partial charge >= 0.3 is 0 Å². The second kappa shape index (κ2) is 11.8. The van der Waals surface area contributed by atoms with E-state index in [4.69, 9.17) is 20.0 Å². The second-order valence-electron chi connectivity index (χ2n) is 11.6. The quantitative estimate of drug-likeness (QED) is 0.255. The molecule has 2 aromatic carbocycles. The number of hydrogen-bond donors (Lipinski definition) is 2. The number of amides is 2. The van der Waals surface area contributed by atoms with Gasteiger partial charge in [0.1, 0.15) is 5.76 Å². The molecule has 5 aromatic rings. The van der Waals surface area contributed by atoms with Gasteiger partial charge in [-0.1, -0.05) is 30.3 Å². The molecule has 0 aliphatic carbocycles. The van der Waals surface area contributed by atoms with Crippen molar-refractivity contribution in [3.8, 4) is 22.4 Å². The molecule has 3 N–H and O–H groups in total. The summed E-state index contributed by atoms with van der Waals surface area (Å²) in [7, 11) is 3.65. The Morgan fingerprint density at radius 2 is 1.76 bits per heavy atom. The smallest absolute Gasteiger partial charge is 0.290 e. The molecule has 0 bridgehead atoms. The molecule has 1 aliphatic heterocycles. The van der Waals surface area contributed by atoms with Gasteiger partial charge in [-0.05, 0) is 68.8 Å². The van der Waals surface area contributed by atoms with Crippen LogP contribution in [0.5, 0.6) is 0 Å². The van der Waals surface area contributed by atoms with E-state index in [0.717, 1.165) is 40.9 Å². The van der Waals surface area contributed by atoms with E-state index in [1.54, 1.807) is 38.2 Å². The lowest BCUT2D eigenvalue weighted by Gasteiger charge is -2.35. The summed E-state index contributed by atoms with van der Waals surface area (Å²) in [6, 6.07) is 16.3. The molecule has 232 valence electrons. The Balaban J connectivity index is 1.44. The van der Waals surface area contributed by atoms with Gasteiger partial charge in [-0.2, -0.15) is 4.74 Å². The first-order valence-corrected chi connectivity index (χ1v) is 14.8. The molecule has 1 fully saturated rings. The number of nitrogens with one attached hydrogen (secondary N) is 1. The topological polar surface area (TPSA) is 138 Å². The van der Waals surface area contributed by atoms with Gasteiger partial charge in [-0.15, -0.1) is 0 Å². The van der Waals surface area contributed by atoms with Gasteiger partial charge in [-0.25, -0.2) is 4.98 Å². The fourth-order valence-corrected chi connectivity index (χ4v) is 6.14. The molecule has 0 atom stereocenters. The first-order chi connectivity index (χ1) is 21.5. The lowest BCUT2D eigenvalue weighted by Crippen LogP contribution is -2.49. The number of carbonyl (C=O) groups is 2. The first kappa shape index (κ1) is 30.0. The van der Waals surface area contributed by atoms with Crippen LogP contribution in [0, 0.1) is 20.8 Å². The molecule has 11 heteroatoms. The summed E-state index contributed by atoms with van der Waals surface area (Å²) in [5.41, 5.74) is 11.8. The summed E-state index contributed by atoms with van der Waals surface area (Å²) in [4.78, 5) is 45.2. The third-order valence-electron chi connectivity index (χ3n) is 8.31. The number of benzene rings is 2. The molecule has 1 aliphatic rings. The monoisotopic (exact) mass is 608 g/mol. The Hall–Kier alpha value is -5.00. The SMILES string of the molecule is Cc1cc2c(C)c(-c3ccc(-c4c(C)on(C)c4=O)cc3)n(CCOC3CN(C)C3)c2c(C(=O)Nc2cccc(C(N)=O)c2)n1. The van der Waals surface area contributed by atoms with Crippen molar-refractivity contribution in [2.24, 2.45) is 12.8 Å². The molecule has 0 saturated carbocycles. The number of hydrogen-bond acceptors (Lipinski definition) is 7. The summed E-state index contributed by atoms with van der Waals surface area (Å²) in [6.45, 7) is 8.38. The summed E-state index contributed by atoms with van der Waals surface area (Å²) in [6.07, 6.45) is 0.169. The number of nitrogens with two attached hydrogens (primary N) is 1. The van der Waals surface area contributed by atoms with Crippen LogP contribution in [0.15, 0.2) is 63.9 Å². The number of rotatable bonds is 9. The Labute approximate surface area is 260 Å². The zero-order valence-corrected chi connectivity index (χ0v) is 26.0. The standard InChI is InChI=1S/C34H36N6O5/c1-19-15-27-20(2)30(23-11-9-22(10-12-23)28-21(3)45-39(5)34(28)43)40(13-14-44-26-17-38(4)18-26)31(27)29(36-19)33(42)37-25-8-6-7-24(16-25)32(35)41/h6-12,15-16,26H,13-14,17-18H2,1-5H3,(H2,35,41)(H,37,42). The van der Waals surface area contributed by atoms with E-state index in [1.807, 2.05) is 44.2 Å². The number of aromatic nitrogens is 3.